The minimum atomic E-state index is 0.228. The first-order valence-electron chi connectivity index (χ1n) is 7.43. The van der Waals surface area contributed by atoms with Crippen molar-refractivity contribution in [1.82, 2.24) is 15.0 Å². The third kappa shape index (κ3) is 2.94. The van der Waals surface area contributed by atoms with Crippen molar-refractivity contribution in [2.45, 2.75) is 31.2 Å². The molecule has 1 aliphatic heterocycles. The number of benzene rings is 1. The molecule has 0 spiro atoms. The Bertz CT molecular complexity index is 595. The molecule has 3 rings (SSSR count). The smallest absolute Gasteiger partial charge is 0.122 e. The topological polar surface area (TPSA) is 65.1 Å². The number of para-hydroxylation sites is 1. The maximum Gasteiger partial charge on any atom is 0.122 e. The highest BCUT2D eigenvalue weighted by Crippen LogP contribution is 2.36. The van der Waals surface area contributed by atoms with Crippen molar-refractivity contribution in [3.8, 4) is 5.75 Å². The maximum atomic E-state index is 5.82. The van der Waals surface area contributed by atoms with Gasteiger partial charge in [0.2, 0.25) is 0 Å². The molecule has 2 atom stereocenters. The number of aromatic nitrogens is 2. The highest BCUT2D eigenvalue weighted by Gasteiger charge is 2.28. The van der Waals surface area contributed by atoms with Crippen LogP contribution in [0.3, 0.4) is 0 Å². The minimum Gasteiger partial charge on any atom is -0.493 e. The van der Waals surface area contributed by atoms with Crippen molar-refractivity contribution in [3.05, 3.63) is 48.0 Å². The quantitative estimate of drug-likeness (QED) is 0.649. The zero-order valence-corrected chi connectivity index (χ0v) is 12.3. The first kappa shape index (κ1) is 14.1. The van der Waals surface area contributed by atoms with Crippen LogP contribution in [0.2, 0.25) is 0 Å². The summed E-state index contributed by atoms with van der Waals surface area (Å²) < 4.78 is 7.79. The van der Waals surface area contributed by atoms with Gasteiger partial charge < -0.3 is 9.30 Å². The number of fused-ring (bicyclic) bond motifs is 1. The third-order valence-electron chi connectivity index (χ3n) is 4.30. The first-order valence-corrected chi connectivity index (χ1v) is 7.43. The van der Waals surface area contributed by atoms with Crippen LogP contribution in [0.1, 0.15) is 30.1 Å². The Morgan fingerprint density at radius 1 is 1.48 bits per heavy atom. The number of hydrazine groups is 1. The second-order valence-electron chi connectivity index (χ2n) is 5.55. The van der Waals surface area contributed by atoms with Crippen molar-refractivity contribution >= 4 is 0 Å². The lowest BCUT2D eigenvalue weighted by molar-refractivity contribution is 0.241. The van der Waals surface area contributed by atoms with Gasteiger partial charge in [0.15, 0.2) is 0 Å². The van der Waals surface area contributed by atoms with Gasteiger partial charge in [-0.05, 0) is 24.5 Å². The van der Waals surface area contributed by atoms with Crippen LogP contribution in [-0.2, 0) is 13.5 Å². The van der Waals surface area contributed by atoms with Crippen molar-refractivity contribution in [1.29, 1.82) is 0 Å². The van der Waals surface area contributed by atoms with Gasteiger partial charge in [-0.2, -0.15) is 0 Å². The Kier molecular flexibility index (Phi) is 4.22. The van der Waals surface area contributed by atoms with E-state index in [0.717, 1.165) is 37.4 Å². The third-order valence-corrected chi connectivity index (χ3v) is 4.30. The Hall–Kier alpha value is -1.85. The molecular weight excluding hydrogens is 264 g/mol. The summed E-state index contributed by atoms with van der Waals surface area (Å²) in [6.07, 6.45) is 6.68. The molecule has 0 aliphatic carbocycles. The normalized spacial score (nSPS) is 18.9. The molecule has 1 aliphatic rings. The van der Waals surface area contributed by atoms with Crippen LogP contribution in [0.5, 0.6) is 5.75 Å². The van der Waals surface area contributed by atoms with E-state index < -0.39 is 0 Å². The maximum absolute atomic E-state index is 5.82. The van der Waals surface area contributed by atoms with Crippen LogP contribution in [0, 0.1) is 0 Å². The molecule has 5 nitrogen and oxygen atoms in total. The SMILES string of the molecule is Cn1ccnc1CCC(NN)C1CCOc2ccccc21. The zero-order chi connectivity index (χ0) is 14.7. The first-order chi connectivity index (χ1) is 10.3. The predicted octanol–water partition coefficient (Wildman–Crippen LogP) is 1.75. The van der Waals surface area contributed by atoms with Crippen molar-refractivity contribution in [2.75, 3.05) is 6.61 Å². The number of nitrogens with two attached hydrogens (primary N) is 1. The Balaban J connectivity index is 1.73. The van der Waals surface area contributed by atoms with Crippen molar-refractivity contribution in [2.24, 2.45) is 12.9 Å². The number of nitrogens with zero attached hydrogens (tertiary/aromatic N) is 2. The van der Waals surface area contributed by atoms with Crippen LogP contribution in [0.15, 0.2) is 36.7 Å². The number of ether oxygens (including phenoxy) is 1. The lowest BCUT2D eigenvalue weighted by Crippen LogP contribution is -2.41. The summed E-state index contributed by atoms with van der Waals surface area (Å²) in [4.78, 5) is 4.38. The molecule has 21 heavy (non-hydrogen) atoms. The number of hydrogen-bond donors (Lipinski definition) is 2. The van der Waals surface area contributed by atoms with Gasteiger partial charge in [-0.3, -0.25) is 11.3 Å². The molecular formula is C16H22N4O. The standard InChI is InChI=1S/C16H22N4O/c1-20-10-9-18-16(20)7-6-14(19-17)12-8-11-21-15-5-3-2-4-13(12)15/h2-5,9-10,12,14,19H,6-8,11,17H2,1H3. The number of aryl methyl sites for hydroxylation is 2. The van der Waals surface area contributed by atoms with Gasteiger partial charge in [0, 0.05) is 37.8 Å². The summed E-state index contributed by atoms with van der Waals surface area (Å²) in [5, 5.41) is 0. The molecule has 5 heteroatoms. The Labute approximate surface area is 125 Å². The second kappa shape index (κ2) is 6.28. The minimum absolute atomic E-state index is 0.228. The molecule has 0 bridgehead atoms. The molecule has 1 aromatic heterocycles. The molecule has 0 saturated carbocycles. The summed E-state index contributed by atoms with van der Waals surface area (Å²) in [5.74, 6) is 8.29. The summed E-state index contributed by atoms with van der Waals surface area (Å²) in [5.41, 5.74) is 4.26. The zero-order valence-electron chi connectivity index (χ0n) is 12.3. The van der Waals surface area contributed by atoms with Gasteiger partial charge in [0.05, 0.1) is 6.61 Å². The summed E-state index contributed by atoms with van der Waals surface area (Å²) in [6, 6.07) is 8.48. The van der Waals surface area contributed by atoms with Gasteiger partial charge in [-0.15, -0.1) is 0 Å². The fraction of sp³-hybridized carbons (Fsp3) is 0.438. The van der Waals surface area contributed by atoms with E-state index in [1.807, 2.05) is 31.6 Å². The lowest BCUT2D eigenvalue weighted by Gasteiger charge is -2.32. The summed E-state index contributed by atoms with van der Waals surface area (Å²) in [6.45, 7) is 0.752. The average molecular weight is 286 g/mol. The Morgan fingerprint density at radius 3 is 3.10 bits per heavy atom. The highest BCUT2D eigenvalue weighted by molar-refractivity contribution is 5.38. The van der Waals surface area contributed by atoms with Gasteiger partial charge in [-0.25, -0.2) is 4.98 Å². The molecule has 2 unspecified atom stereocenters. The molecule has 2 heterocycles. The highest BCUT2D eigenvalue weighted by atomic mass is 16.5. The van der Waals surface area contributed by atoms with Crippen LogP contribution in [0.4, 0.5) is 0 Å². The molecule has 2 aromatic rings. The van der Waals surface area contributed by atoms with E-state index in [1.54, 1.807) is 0 Å². The lowest BCUT2D eigenvalue weighted by atomic mass is 9.85. The molecule has 3 N–H and O–H groups in total. The van der Waals surface area contributed by atoms with Gasteiger partial charge in [0.1, 0.15) is 11.6 Å². The van der Waals surface area contributed by atoms with Crippen LogP contribution in [0.25, 0.3) is 0 Å². The molecule has 0 radical (unpaired) electrons. The Morgan fingerprint density at radius 2 is 2.33 bits per heavy atom. The summed E-state index contributed by atoms with van der Waals surface area (Å²) >= 11 is 0. The van der Waals surface area contributed by atoms with Gasteiger partial charge in [0.25, 0.3) is 0 Å². The monoisotopic (exact) mass is 286 g/mol. The van der Waals surface area contributed by atoms with E-state index in [4.69, 9.17) is 10.6 Å². The average Bonchev–Trinajstić information content (AvgIpc) is 2.93. The van der Waals surface area contributed by atoms with Gasteiger partial charge in [-0.1, -0.05) is 18.2 Å². The second-order valence-corrected chi connectivity index (χ2v) is 5.55. The van der Waals surface area contributed by atoms with Crippen LogP contribution >= 0.6 is 0 Å². The molecule has 112 valence electrons. The van der Waals surface area contributed by atoms with E-state index >= 15 is 0 Å². The van der Waals surface area contributed by atoms with E-state index in [1.165, 1.54) is 5.56 Å². The number of nitrogens with one attached hydrogen (secondary N) is 1. The van der Waals surface area contributed by atoms with Crippen LogP contribution < -0.4 is 16.0 Å². The molecule has 0 saturated heterocycles. The fourth-order valence-electron chi connectivity index (χ4n) is 3.11. The van der Waals surface area contributed by atoms with Crippen molar-refractivity contribution in [3.63, 3.8) is 0 Å². The molecule has 1 aromatic carbocycles. The number of rotatable bonds is 5. The largest absolute Gasteiger partial charge is 0.493 e. The van der Waals surface area contributed by atoms with E-state index in [-0.39, 0.29) is 6.04 Å². The molecule has 0 amide bonds. The van der Waals surface area contributed by atoms with E-state index in [9.17, 15) is 0 Å². The fourth-order valence-corrected chi connectivity index (χ4v) is 3.11. The number of hydrogen-bond acceptors (Lipinski definition) is 4. The van der Waals surface area contributed by atoms with Gasteiger partial charge >= 0.3 is 0 Å². The molecule has 0 fully saturated rings. The summed E-state index contributed by atoms with van der Waals surface area (Å²) in [7, 11) is 2.02. The predicted molar refractivity (Wildman–Crippen MR) is 81.9 cm³/mol. The van der Waals surface area contributed by atoms with Crippen molar-refractivity contribution < 1.29 is 4.74 Å². The number of imidazole rings is 1. The van der Waals surface area contributed by atoms with Crippen LogP contribution in [-0.4, -0.2) is 22.2 Å². The van der Waals surface area contributed by atoms with E-state index in [0.29, 0.717) is 5.92 Å². The van der Waals surface area contributed by atoms with E-state index in [2.05, 4.69) is 27.1 Å².